The van der Waals surface area contributed by atoms with Crippen molar-refractivity contribution in [2.75, 3.05) is 23.4 Å². The summed E-state index contributed by atoms with van der Waals surface area (Å²) in [7, 11) is 1.28. The summed E-state index contributed by atoms with van der Waals surface area (Å²) >= 11 is 0. The smallest absolute Gasteiger partial charge is 0.411 e. The minimum Gasteiger partial charge on any atom is -0.465 e. The summed E-state index contributed by atoms with van der Waals surface area (Å²) in [4.78, 5) is 24.7. The van der Waals surface area contributed by atoms with E-state index >= 15 is 0 Å². The fourth-order valence-electron chi connectivity index (χ4n) is 3.15. The maximum absolute atomic E-state index is 14.7. The molecule has 152 valence electrons. The summed E-state index contributed by atoms with van der Waals surface area (Å²) in [5, 5.41) is 14.1. The SMILES string of the molecule is CN(C(=O)O)c1c(N)nc(-c2nn(Cc3ccccn3)c3c(F)cccc23)nc1N. The van der Waals surface area contributed by atoms with E-state index in [2.05, 4.69) is 20.1 Å². The van der Waals surface area contributed by atoms with Crippen LogP contribution in [0.3, 0.4) is 0 Å². The van der Waals surface area contributed by atoms with Gasteiger partial charge in [-0.3, -0.25) is 14.6 Å². The van der Waals surface area contributed by atoms with Crippen LogP contribution in [0.25, 0.3) is 22.4 Å². The van der Waals surface area contributed by atoms with Crippen molar-refractivity contribution in [1.82, 2.24) is 24.7 Å². The Morgan fingerprint density at radius 3 is 2.53 bits per heavy atom. The Balaban J connectivity index is 1.88. The molecule has 30 heavy (non-hydrogen) atoms. The molecule has 0 aliphatic carbocycles. The first-order chi connectivity index (χ1) is 14.4. The van der Waals surface area contributed by atoms with E-state index in [-0.39, 0.29) is 40.9 Å². The normalized spacial score (nSPS) is 11.0. The van der Waals surface area contributed by atoms with E-state index in [0.717, 1.165) is 4.90 Å². The van der Waals surface area contributed by atoms with Crippen molar-refractivity contribution in [3.63, 3.8) is 0 Å². The van der Waals surface area contributed by atoms with Crippen LogP contribution >= 0.6 is 0 Å². The van der Waals surface area contributed by atoms with E-state index < -0.39 is 11.9 Å². The number of nitrogens with zero attached hydrogens (tertiary/aromatic N) is 6. The second kappa shape index (κ2) is 7.28. The highest BCUT2D eigenvalue weighted by Crippen LogP contribution is 2.33. The molecule has 5 N–H and O–H groups in total. The van der Waals surface area contributed by atoms with Crippen LogP contribution in [0.15, 0.2) is 42.6 Å². The van der Waals surface area contributed by atoms with Gasteiger partial charge in [-0.15, -0.1) is 0 Å². The second-order valence-electron chi connectivity index (χ2n) is 6.47. The fraction of sp³-hybridized carbons (Fsp3) is 0.105. The second-order valence-corrected chi connectivity index (χ2v) is 6.47. The molecule has 11 heteroatoms. The first-order valence-corrected chi connectivity index (χ1v) is 8.81. The van der Waals surface area contributed by atoms with Crippen LogP contribution in [-0.2, 0) is 6.54 Å². The lowest BCUT2D eigenvalue weighted by atomic mass is 10.2. The van der Waals surface area contributed by atoms with Crippen molar-refractivity contribution < 1.29 is 14.3 Å². The predicted octanol–water partition coefficient (Wildman–Crippen LogP) is 2.35. The number of carboxylic acid groups (broad SMARTS) is 1. The molecule has 1 amide bonds. The number of carbonyl (C=O) groups is 1. The molecule has 1 aromatic carbocycles. The zero-order valence-electron chi connectivity index (χ0n) is 15.8. The lowest BCUT2D eigenvalue weighted by Crippen LogP contribution is -2.26. The van der Waals surface area contributed by atoms with Gasteiger partial charge in [0, 0.05) is 18.6 Å². The van der Waals surface area contributed by atoms with E-state index in [4.69, 9.17) is 11.5 Å². The number of hydrogen-bond acceptors (Lipinski definition) is 7. The van der Waals surface area contributed by atoms with Gasteiger partial charge >= 0.3 is 6.09 Å². The number of amides is 1. The highest BCUT2D eigenvalue weighted by Gasteiger charge is 2.23. The Hall–Kier alpha value is -4.28. The first kappa shape index (κ1) is 19.1. The van der Waals surface area contributed by atoms with E-state index in [0.29, 0.717) is 11.1 Å². The Morgan fingerprint density at radius 2 is 1.90 bits per heavy atom. The molecular formula is C19H17FN8O2. The highest BCUT2D eigenvalue weighted by atomic mass is 19.1. The average molecular weight is 408 g/mol. The molecule has 0 atom stereocenters. The molecule has 0 saturated carbocycles. The molecule has 0 aliphatic rings. The lowest BCUT2D eigenvalue weighted by Gasteiger charge is -2.16. The highest BCUT2D eigenvalue weighted by molar-refractivity contribution is 5.96. The molecule has 0 saturated heterocycles. The third-order valence-electron chi connectivity index (χ3n) is 4.53. The number of fused-ring (bicyclic) bond motifs is 1. The largest absolute Gasteiger partial charge is 0.465 e. The molecule has 0 spiro atoms. The quantitative estimate of drug-likeness (QED) is 0.466. The zero-order valence-corrected chi connectivity index (χ0v) is 15.8. The van der Waals surface area contributed by atoms with Crippen molar-refractivity contribution in [2.45, 2.75) is 6.54 Å². The number of benzene rings is 1. The van der Waals surface area contributed by atoms with Crippen LogP contribution in [0.2, 0.25) is 0 Å². The maximum atomic E-state index is 14.7. The summed E-state index contributed by atoms with van der Waals surface area (Å²) in [5.74, 6) is -0.675. The zero-order chi connectivity index (χ0) is 21.4. The number of nitrogen functional groups attached to an aromatic ring is 2. The van der Waals surface area contributed by atoms with Crippen LogP contribution in [-0.4, -0.2) is 43.0 Å². The Bertz CT molecular complexity index is 1240. The molecule has 3 heterocycles. The summed E-state index contributed by atoms with van der Waals surface area (Å²) < 4.78 is 16.1. The standard InChI is InChI=1S/C19H17FN8O2/c1-27(19(29)30)15-16(21)24-18(25-17(15)22)13-11-6-4-7-12(20)14(11)28(26-13)9-10-5-2-3-8-23-10/h2-8H,9H2,1H3,(H,29,30)(H4,21,22,24,25). The number of anilines is 3. The van der Waals surface area contributed by atoms with Crippen molar-refractivity contribution in [2.24, 2.45) is 0 Å². The van der Waals surface area contributed by atoms with Crippen molar-refractivity contribution in [3.8, 4) is 11.5 Å². The lowest BCUT2D eigenvalue weighted by molar-refractivity contribution is 0.203. The van der Waals surface area contributed by atoms with Gasteiger partial charge in [-0.1, -0.05) is 18.2 Å². The van der Waals surface area contributed by atoms with Crippen LogP contribution in [0, 0.1) is 5.82 Å². The molecule has 0 bridgehead atoms. The summed E-state index contributed by atoms with van der Waals surface area (Å²) in [6, 6.07) is 9.98. The van der Waals surface area contributed by atoms with Gasteiger partial charge in [-0.2, -0.15) is 5.10 Å². The van der Waals surface area contributed by atoms with Crippen LogP contribution in [0.4, 0.5) is 26.5 Å². The van der Waals surface area contributed by atoms with Crippen molar-refractivity contribution in [1.29, 1.82) is 0 Å². The van der Waals surface area contributed by atoms with Gasteiger partial charge in [0.1, 0.15) is 22.7 Å². The molecular weight excluding hydrogens is 391 g/mol. The van der Waals surface area contributed by atoms with Crippen LogP contribution in [0.5, 0.6) is 0 Å². The van der Waals surface area contributed by atoms with E-state index in [9.17, 15) is 14.3 Å². The molecule has 3 aromatic heterocycles. The number of aromatic nitrogens is 5. The summed E-state index contributed by atoms with van der Waals surface area (Å²) in [6.07, 6.45) is 0.373. The molecule has 0 radical (unpaired) electrons. The van der Waals surface area contributed by atoms with E-state index in [1.165, 1.54) is 17.8 Å². The molecule has 4 rings (SSSR count). The van der Waals surface area contributed by atoms with Gasteiger partial charge in [0.25, 0.3) is 0 Å². The first-order valence-electron chi connectivity index (χ1n) is 8.81. The molecule has 0 unspecified atom stereocenters. The Morgan fingerprint density at radius 1 is 1.17 bits per heavy atom. The van der Waals surface area contributed by atoms with E-state index in [1.807, 2.05) is 6.07 Å². The third-order valence-corrected chi connectivity index (χ3v) is 4.53. The number of hydrogen-bond donors (Lipinski definition) is 3. The van der Waals surface area contributed by atoms with E-state index in [1.54, 1.807) is 30.5 Å². The monoisotopic (exact) mass is 408 g/mol. The Labute approximate surface area is 169 Å². The van der Waals surface area contributed by atoms with Crippen molar-refractivity contribution >= 4 is 34.3 Å². The number of pyridine rings is 1. The molecule has 0 fully saturated rings. The number of nitrogens with two attached hydrogens (primary N) is 2. The molecule has 4 aromatic rings. The average Bonchev–Trinajstić information content (AvgIpc) is 3.07. The topological polar surface area (TPSA) is 149 Å². The van der Waals surface area contributed by atoms with Crippen molar-refractivity contribution in [3.05, 3.63) is 54.1 Å². The molecule has 10 nitrogen and oxygen atoms in total. The predicted molar refractivity (Wildman–Crippen MR) is 109 cm³/mol. The minimum atomic E-state index is -1.27. The minimum absolute atomic E-state index is 0.0327. The van der Waals surface area contributed by atoms with Gasteiger partial charge in [0.05, 0.1) is 12.2 Å². The third kappa shape index (κ3) is 3.21. The van der Waals surface area contributed by atoms with Gasteiger partial charge in [-0.25, -0.2) is 19.2 Å². The van der Waals surface area contributed by atoms with Gasteiger partial charge in [-0.05, 0) is 18.2 Å². The number of halogens is 1. The summed E-state index contributed by atoms with van der Waals surface area (Å²) in [5.41, 5.74) is 13.1. The number of rotatable bonds is 4. The Kier molecular flexibility index (Phi) is 4.62. The van der Waals surface area contributed by atoms with Crippen LogP contribution in [0.1, 0.15) is 5.69 Å². The van der Waals surface area contributed by atoms with Crippen LogP contribution < -0.4 is 16.4 Å². The summed E-state index contributed by atoms with van der Waals surface area (Å²) in [6.45, 7) is 0.225. The molecule has 0 aliphatic heterocycles. The van der Waals surface area contributed by atoms with Gasteiger partial charge in [0.2, 0.25) is 0 Å². The number of para-hydroxylation sites is 1. The maximum Gasteiger partial charge on any atom is 0.411 e. The fourth-order valence-corrected chi connectivity index (χ4v) is 3.15. The van der Waals surface area contributed by atoms with Gasteiger partial charge in [0.15, 0.2) is 17.5 Å². The van der Waals surface area contributed by atoms with Gasteiger partial charge < -0.3 is 16.6 Å².